The van der Waals surface area contributed by atoms with E-state index in [-0.39, 0.29) is 5.91 Å². The Balaban J connectivity index is 1.66. The largest absolute Gasteiger partial charge is 0.493 e. The van der Waals surface area contributed by atoms with Crippen molar-refractivity contribution in [2.24, 2.45) is 0 Å². The first kappa shape index (κ1) is 17.5. The lowest BCUT2D eigenvalue weighted by Gasteiger charge is -2.26. The number of anilines is 1. The third-order valence-corrected chi connectivity index (χ3v) is 4.64. The minimum atomic E-state index is -0.0752. The maximum atomic E-state index is 12.3. The molecule has 0 radical (unpaired) electrons. The van der Waals surface area contributed by atoms with Crippen LogP contribution in [0, 0.1) is 0 Å². The second kappa shape index (κ2) is 7.72. The molecule has 1 aliphatic rings. The van der Waals surface area contributed by atoms with E-state index in [4.69, 9.17) is 21.1 Å². The maximum absolute atomic E-state index is 12.3. The van der Waals surface area contributed by atoms with E-state index in [0.717, 1.165) is 25.3 Å². The fourth-order valence-corrected chi connectivity index (χ4v) is 3.25. The number of benzene rings is 1. The van der Waals surface area contributed by atoms with Crippen LogP contribution in [0.4, 0.5) is 5.69 Å². The molecule has 7 heteroatoms. The number of methoxy groups -OCH3 is 2. The molecule has 0 saturated carbocycles. The van der Waals surface area contributed by atoms with Gasteiger partial charge in [-0.1, -0.05) is 11.6 Å². The van der Waals surface area contributed by atoms with Crippen molar-refractivity contribution in [3.05, 3.63) is 46.7 Å². The summed E-state index contributed by atoms with van der Waals surface area (Å²) in [6.45, 7) is 2.03. The Hall–Kier alpha value is -2.31. The Bertz CT molecular complexity index is 782. The second-order valence-corrected chi connectivity index (χ2v) is 6.33. The van der Waals surface area contributed by atoms with Gasteiger partial charge in [-0.25, -0.2) is 4.98 Å². The van der Waals surface area contributed by atoms with E-state index in [1.807, 2.05) is 12.1 Å². The fourth-order valence-electron chi connectivity index (χ4n) is 3.08. The number of fused-ring (bicyclic) bond motifs is 1. The Morgan fingerprint density at radius 2 is 2.00 bits per heavy atom. The molecule has 2 N–H and O–H groups in total. The molecule has 1 amide bonds. The number of hydrogen-bond donors (Lipinski definition) is 2. The van der Waals surface area contributed by atoms with Crippen molar-refractivity contribution in [1.29, 1.82) is 0 Å². The number of ether oxygens (including phenoxy) is 2. The SMILES string of the molecule is COc1cc2c(cc1OC)C[NH+](CC(=O)Nc1cccnc1Cl)CC2. The van der Waals surface area contributed by atoms with Gasteiger partial charge in [0.25, 0.3) is 5.91 Å². The first-order valence-corrected chi connectivity index (χ1v) is 8.46. The zero-order valence-electron chi connectivity index (χ0n) is 14.3. The van der Waals surface area contributed by atoms with Gasteiger partial charge in [-0.05, 0) is 29.8 Å². The lowest BCUT2D eigenvalue weighted by Crippen LogP contribution is -3.12. The number of rotatable bonds is 5. The Labute approximate surface area is 151 Å². The van der Waals surface area contributed by atoms with Crippen LogP contribution in [0.5, 0.6) is 11.5 Å². The molecule has 1 unspecified atom stereocenters. The van der Waals surface area contributed by atoms with Gasteiger partial charge in [-0.3, -0.25) is 4.79 Å². The Kier molecular flexibility index (Phi) is 5.40. The van der Waals surface area contributed by atoms with Crippen LogP contribution in [0.25, 0.3) is 0 Å². The Morgan fingerprint density at radius 3 is 2.68 bits per heavy atom. The number of carbonyl (C=O) groups is 1. The molecule has 1 aromatic carbocycles. The first-order valence-electron chi connectivity index (χ1n) is 8.08. The van der Waals surface area contributed by atoms with Crippen LogP contribution in [-0.4, -0.2) is 38.2 Å². The van der Waals surface area contributed by atoms with Gasteiger partial charge in [-0.15, -0.1) is 0 Å². The minimum absolute atomic E-state index is 0.0752. The van der Waals surface area contributed by atoms with Crippen LogP contribution in [-0.2, 0) is 17.8 Å². The highest BCUT2D eigenvalue weighted by Crippen LogP contribution is 2.31. The van der Waals surface area contributed by atoms with Crippen molar-refractivity contribution < 1.29 is 19.2 Å². The summed E-state index contributed by atoms with van der Waals surface area (Å²) < 4.78 is 10.7. The van der Waals surface area contributed by atoms with Crippen LogP contribution >= 0.6 is 11.6 Å². The van der Waals surface area contributed by atoms with E-state index < -0.39 is 0 Å². The van der Waals surface area contributed by atoms with Gasteiger partial charge >= 0.3 is 0 Å². The quantitative estimate of drug-likeness (QED) is 0.788. The smallest absolute Gasteiger partial charge is 0.279 e. The predicted octanol–water partition coefficient (Wildman–Crippen LogP) is 1.33. The third kappa shape index (κ3) is 4.03. The van der Waals surface area contributed by atoms with Gasteiger partial charge in [0.05, 0.1) is 26.5 Å². The van der Waals surface area contributed by atoms with Crippen LogP contribution in [0.15, 0.2) is 30.5 Å². The summed E-state index contributed by atoms with van der Waals surface area (Å²) in [4.78, 5) is 17.5. The lowest BCUT2D eigenvalue weighted by molar-refractivity contribution is -0.907. The van der Waals surface area contributed by atoms with Crippen molar-refractivity contribution >= 4 is 23.2 Å². The number of hydrogen-bond acceptors (Lipinski definition) is 4. The monoisotopic (exact) mass is 362 g/mol. The molecule has 3 rings (SSSR count). The number of pyridine rings is 1. The van der Waals surface area contributed by atoms with Gasteiger partial charge < -0.3 is 19.7 Å². The van der Waals surface area contributed by atoms with Crippen LogP contribution in [0.2, 0.25) is 5.15 Å². The number of aromatic nitrogens is 1. The molecule has 2 heterocycles. The highest BCUT2D eigenvalue weighted by molar-refractivity contribution is 6.32. The van der Waals surface area contributed by atoms with Gasteiger partial charge in [-0.2, -0.15) is 0 Å². The van der Waals surface area contributed by atoms with Crippen molar-refractivity contribution in [2.75, 3.05) is 32.6 Å². The lowest BCUT2D eigenvalue weighted by atomic mass is 9.99. The van der Waals surface area contributed by atoms with Crippen molar-refractivity contribution in [2.45, 2.75) is 13.0 Å². The highest BCUT2D eigenvalue weighted by Gasteiger charge is 2.24. The molecule has 25 heavy (non-hydrogen) atoms. The molecule has 0 saturated heterocycles. The van der Waals surface area contributed by atoms with Gasteiger partial charge in [0, 0.05) is 18.2 Å². The van der Waals surface area contributed by atoms with Crippen LogP contribution in [0.3, 0.4) is 0 Å². The fraction of sp³-hybridized carbons (Fsp3) is 0.333. The second-order valence-electron chi connectivity index (χ2n) is 5.97. The molecule has 1 aliphatic heterocycles. The summed E-state index contributed by atoms with van der Waals surface area (Å²) in [5.41, 5.74) is 2.97. The van der Waals surface area contributed by atoms with Crippen molar-refractivity contribution in [1.82, 2.24) is 4.98 Å². The highest BCUT2D eigenvalue weighted by atomic mass is 35.5. The van der Waals surface area contributed by atoms with Gasteiger partial charge in [0.1, 0.15) is 6.54 Å². The summed E-state index contributed by atoms with van der Waals surface area (Å²) in [5.74, 6) is 1.39. The molecule has 0 fully saturated rings. The molecule has 2 aromatic rings. The van der Waals surface area contributed by atoms with E-state index in [1.54, 1.807) is 32.5 Å². The van der Waals surface area contributed by atoms with Crippen molar-refractivity contribution in [3.63, 3.8) is 0 Å². The van der Waals surface area contributed by atoms with Crippen LogP contribution in [0.1, 0.15) is 11.1 Å². The summed E-state index contributed by atoms with van der Waals surface area (Å²) in [5, 5.41) is 3.12. The average molecular weight is 363 g/mol. The van der Waals surface area contributed by atoms with E-state index in [2.05, 4.69) is 10.3 Å². The topological polar surface area (TPSA) is 64.9 Å². The maximum Gasteiger partial charge on any atom is 0.279 e. The number of amides is 1. The standard InChI is InChI=1S/C18H20ClN3O3/c1-24-15-8-12-5-7-22(10-13(12)9-16(15)25-2)11-17(23)21-14-4-3-6-20-18(14)19/h3-4,6,8-9H,5,7,10-11H2,1-2H3,(H,21,23)/p+1. The van der Waals surface area contributed by atoms with E-state index >= 15 is 0 Å². The molecular weight excluding hydrogens is 342 g/mol. The summed E-state index contributed by atoms with van der Waals surface area (Å²) >= 11 is 5.98. The third-order valence-electron chi connectivity index (χ3n) is 4.34. The number of carbonyl (C=O) groups excluding carboxylic acids is 1. The summed E-state index contributed by atoms with van der Waals surface area (Å²) in [7, 11) is 3.27. The van der Waals surface area contributed by atoms with Gasteiger partial charge in [0.2, 0.25) is 0 Å². The minimum Gasteiger partial charge on any atom is -0.493 e. The summed E-state index contributed by atoms with van der Waals surface area (Å²) in [6.07, 6.45) is 2.48. The number of quaternary nitrogens is 1. The van der Waals surface area contributed by atoms with E-state index in [0.29, 0.717) is 23.1 Å². The number of nitrogens with one attached hydrogen (secondary N) is 2. The van der Waals surface area contributed by atoms with Crippen molar-refractivity contribution in [3.8, 4) is 11.5 Å². The van der Waals surface area contributed by atoms with E-state index in [1.165, 1.54) is 16.0 Å². The number of halogens is 1. The zero-order valence-corrected chi connectivity index (χ0v) is 15.0. The molecule has 0 bridgehead atoms. The van der Waals surface area contributed by atoms with E-state index in [9.17, 15) is 4.79 Å². The normalized spacial score (nSPS) is 16.0. The molecule has 1 aromatic heterocycles. The molecule has 132 valence electrons. The number of nitrogens with zero attached hydrogens (tertiary/aromatic N) is 1. The molecule has 1 atom stereocenters. The zero-order chi connectivity index (χ0) is 17.8. The molecular formula is C18H21ClN3O3+. The molecule has 0 spiro atoms. The Morgan fingerprint density at radius 1 is 1.28 bits per heavy atom. The van der Waals surface area contributed by atoms with Gasteiger partial charge in [0.15, 0.2) is 23.2 Å². The van der Waals surface area contributed by atoms with Crippen LogP contribution < -0.4 is 19.7 Å². The molecule has 0 aliphatic carbocycles. The average Bonchev–Trinajstić information content (AvgIpc) is 2.62. The molecule has 6 nitrogen and oxygen atoms in total. The predicted molar refractivity (Wildman–Crippen MR) is 95.5 cm³/mol. The first-order chi connectivity index (χ1) is 12.1. The summed E-state index contributed by atoms with van der Waals surface area (Å²) in [6, 6.07) is 7.51.